The van der Waals surface area contributed by atoms with Crippen LogP contribution in [0.1, 0.15) is 151 Å². The van der Waals surface area contributed by atoms with Crippen molar-refractivity contribution in [3.05, 3.63) is 71.8 Å². The molecule has 0 bridgehead atoms. The molecule has 2 aromatic carbocycles. The highest BCUT2D eigenvalue weighted by molar-refractivity contribution is 7.99. The van der Waals surface area contributed by atoms with Gasteiger partial charge in [0.05, 0.1) is 42.2 Å². The van der Waals surface area contributed by atoms with Crippen molar-refractivity contribution < 1.29 is 82.2 Å². The lowest BCUT2D eigenvalue weighted by Gasteiger charge is -2.41. The molecular formula is C74H117N11O17S. The van der Waals surface area contributed by atoms with Crippen molar-refractivity contribution in [2.45, 2.75) is 225 Å². The topological polar surface area (TPSA) is 404 Å². The highest BCUT2D eigenvalue weighted by Gasteiger charge is 2.46. The molecule has 3 aromatic rings. The highest BCUT2D eigenvalue weighted by Crippen LogP contribution is 2.38. The number of nitrogens with zero attached hydrogens (tertiary/aromatic N) is 3. The first-order valence-electron chi connectivity index (χ1n) is 36.0. The maximum atomic E-state index is 15.2. The molecule has 576 valence electrons. The SMILES string of the molecule is CCC(C)C(C(CC(O)N1CCCC1C(OC)C(C)C(=O)NC(Cc1ccccc1)C(=O)OC)OC)C(CC)C(=O)C(NC(=O)C(C(C)C)N(C)C(=O)OCc1ccc(NC(=O)C(CCCNC(N)=O)NC(=O)C(NC(=O)CCCCCn2c(O)cc(SCC(N)C=O)c2O)C(C)C)cc1)C(C)C. The maximum absolute atomic E-state index is 15.2. The number of aldehydes is 1. The summed E-state index contributed by atoms with van der Waals surface area (Å²) in [6.07, 6.45) is 2.02. The van der Waals surface area contributed by atoms with Crippen molar-refractivity contribution in [2.24, 2.45) is 52.9 Å². The zero-order chi connectivity index (χ0) is 76.8. The Morgan fingerprint density at radius 3 is 2.00 bits per heavy atom. The van der Waals surface area contributed by atoms with Crippen molar-refractivity contribution in [3.8, 4) is 11.8 Å². The third-order valence-corrected chi connectivity index (χ3v) is 20.5. The predicted octanol–water partition coefficient (Wildman–Crippen LogP) is 6.52. The van der Waals surface area contributed by atoms with Crippen LogP contribution in [0.3, 0.4) is 0 Å². The second kappa shape index (κ2) is 44.1. The summed E-state index contributed by atoms with van der Waals surface area (Å²) in [4.78, 5) is 137. The van der Waals surface area contributed by atoms with E-state index in [0.717, 1.165) is 17.3 Å². The van der Waals surface area contributed by atoms with E-state index >= 15 is 4.79 Å². The van der Waals surface area contributed by atoms with Crippen molar-refractivity contribution in [1.82, 2.24) is 41.0 Å². The lowest BCUT2D eigenvalue weighted by molar-refractivity contribution is -0.147. The average Bonchev–Trinajstić information content (AvgIpc) is 1.78. The Balaban J connectivity index is 1.39. The van der Waals surface area contributed by atoms with Crippen molar-refractivity contribution in [3.63, 3.8) is 0 Å². The molecule has 103 heavy (non-hydrogen) atoms. The lowest BCUT2D eigenvalue weighted by atomic mass is 9.71. The second-order valence-corrected chi connectivity index (χ2v) is 29.0. The molecule has 0 radical (unpaired) electrons. The van der Waals surface area contributed by atoms with E-state index in [4.69, 9.17) is 30.4 Å². The minimum absolute atomic E-state index is 0.0667. The Kier molecular flexibility index (Phi) is 37.5. The van der Waals surface area contributed by atoms with E-state index in [-0.39, 0.29) is 93.0 Å². The molecule has 1 aliphatic rings. The summed E-state index contributed by atoms with van der Waals surface area (Å²) in [6, 6.07) is 10.1. The number of benzene rings is 2. The normalized spacial score (nSPS) is 17.0. The number of Topliss-reactive ketones (excluding diaryl/α,β-unsaturated/α-hetero) is 1. The van der Waals surface area contributed by atoms with Crippen molar-refractivity contribution >= 4 is 77.1 Å². The number of aromatic nitrogens is 1. The van der Waals surface area contributed by atoms with E-state index in [1.807, 2.05) is 69.9 Å². The first-order chi connectivity index (χ1) is 48.9. The number of rotatable bonds is 46. The molecular weight excluding hydrogens is 1350 g/mol. The first-order valence-corrected chi connectivity index (χ1v) is 37.0. The summed E-state index contributed by atoms with van der Waals surface area (Å²) in [5.41, 5.74) is 12.6. The Morgan fingerprint density at radius 2 is 1.42 bits per heavy atom. The van der Waals surface area contributed by atoms with E-state index in [9.17, 15) is 58.5 Å². The molecule has 0 saturated carbocycles. The number of anilines is 1. The van der Waals surface area contributed by atoms with Gasteiger partial charge in [-0.1, -0.05) is 125 Å². The van der Waals surface area contributed by atoms with Crippen molar-refractivity contribution in [1.29, 1.82) is 0 Å². The number of hydrogen-bond donors (Lipinski definition) is 11. The molecule has 14 atom stereocenters. The number of nitrogens with two attached hydrogens (primary N) is 2. The van der Waals surface area contributed by atoms with Gasteiger partial charge in [-0.05, 0) is 97.8 Å². The van der Waals surface area contributed by atoms with Crippen LogP contribution in [0.15, 0.2) is 65.6 Å². The third-order valence-electron chi connectivity index (χ3n) is 19.3. The zero-order valence-electron chi connectivity index (χ0n) is 62.6. The Hall–Kier alpha value is -7.83. The number of thioether (sulfide) groups is 1. The van der Waals surface area contributed by atoms with Gasteiger partial charge in [0.25, 0.3) is 0 Å². The number of esters is 1. The minimum atomic E-state index is -1.13. The van der Waals surface area contributed by atoms with Gasteiger partial charge in [0.1, 0.15) is 43.3 Å². The fourth-order valence-electron chi connectivity index (χ4n) is 13.4. The highest BCUT2D eigenvalue weighted by atomic mass is 32.2. The zero-order valence-corrected chi connectivity index (χ0v) is 63.5. The van der Waals surface area contributed by atoms with Gasteiger partial charge in [0, 0.05) is 89.6 Å². The average molecular weight is 1460 g/mol. The van der Waals surface area contributed by atoms with Gasteiger partial charge in [-0.3, -0.25) is 43.1 Å². The van der Waals surface area contributed by atoms with E-state index < -0.39 is 132 Å². The second-order valence-electron chi connectivity index (χ2n) is 27.9. The molecule has 0 spiro atoms. The number of aliphatic hydroxyl groups is 1. The van der Waals surface area contributed by atoms with Crippen LogP contribution in [0.25, 0.3) is 0 Å². The lowest BCUT2D eigenvalue weighted by Crippen LogP contribution is -2.57. The van der Waals surface area contributed by atoms with Gasteiger partial charge >= 0.3 is 18.1 Å². The summed E-state index contributed by atoms with van der Waals surface area (Å²) < 4.78 is 24.4. The number of carbonyl (C=O) groups excluding carboxylic acids is 10. The number of methoxy groups -OCH3 is 3. The number of unbranched alkanes of at least 4 members (excludes halogenated alkanes) is 2. The van der Waals surface area contributed by atoms with Crippen LogP contribution in [-0.2, 0) is 76.9 Å². The van der Waals surface area contributed by atoms with Gasteiger partial charge < -0.3 is 82.4 Å². The molecule has 4 rings (SSSR count). The number of urea groups is 1. The summed E-state index contributed by atoms with van der Waals surface area (Å²) in [5, 5.41) is 50.0. The number of ether oxygens (including phenoxy) is 4. The number of primary amides is 1. The molecule has 1 saturated heterocycles. The quantitative estimate of drug-likeness (QED) is 0.0124. The van der Waals surface area contributed by atoms with E-state index in [1.165, 1.54) is 36.8 Å². The molecule has 0 aliphatic carbocycles. The van der Waals surface area contributed by atoms with Gasteiger partial charge in [0.2, 0.25) is 35.4 Å². The summed E-state index contributed by atoms with van der Waals surface area (Å²) in [7, 11) is 5.81. The number of likely N-dealkylation sites (N-methyl/N-ethyl adjacent to an activating group) is 1. The molecule has 1 aromatic heterocycles. The van der Waals surface area contributed by atoms with Gasteiger partial charge in [0.15, 0.2) is 11.7 Å². The molecule has 1 aliphatic heterocycles. The van der Waals surface area contributed by atoms with Crippen LogP contribution < -0.4 is 43.4 Å². The van der Waals surface area contributed by atoms with Gasteiger partial charge in [-0.2, -0.15) is 0 Å². The largest absolute Gasteiger partial charge is 0.494 e. The van der Waals surface area contributed by atoms with Crippen LogP contribution in [0.5, 0.6) is 11.8 Å². The predicted molar refractivity (Wildman–Crippen MR) is 392 cm³/mol. The third kappa shape index (κ3) is 26.7. The molecule has 1 fully saturated rings. The van der Waals surface area contributed by atoms with E-state index in [1.54, 1.807) is 66.0 Å². The number of aromatic hydroxyl groups is 2. The molecule has 29 heteroatoms. The number of hydrogen-bond acceptors (Lipinski definition) is 20. The number of nitrogens with one attached hydrogen (secondary N) is 6. The fraction of sp³-hybridized carbons (Fsp3) is 0.649. The van der Waals surface area contributed by atoms with Crippen LogP contribution >= 0.6 is 11.8 Å². The molecule has 2 heterocycles. The summed E-state index contributed by atoms with van der Waals surface area (Å²) in [5.74, 6) is -6.54. The number of likely N-dealkylation sites (tertiary alicyclic amines) is 1. The Morgan fingerprint density at radius 1 is 0.757 bits per heavy atom. The monoisotopic (exact) mass is 1460 g/mol. The fourth-order valence-corrected chi connectivity index (χ4v) is 14.3. The Bertz CT molecular complexity index is 3190. The molecule has 13 N–H and O–H groups in total. The standard InChI is InChI=1S/C74H117N11O17S/c1-15-46(9)61(56(99-12)38-59(88)84-36-24-28-55(84)66(100-13)47(10)67(91)80-54(72(96)101-14)37-48-25-19-17-20-26-48)52(16-2)65(90)62(43(3)4)82-70(94)64(45(7)8)83(11)74(98)102-41-49-30-32-51(33-31-49)78-68(92)53(27-23-34-77-73(76)97)79-69(93)63(44(5)6)81-58(87)29-21-18-22-35-85-60(89)39-57(71(85)95)103-42-50(75)40-86/h17,19-20,25-26,30-33,39-40,43-47,50,52-56,59,61-64,66,88-89,95H,15-16,18,21-24,27-29,34-38,41-42,75H2,1-14H3,(H,78,92)(H,79,93)(H,80,91)(H,81,87)(H,82,94)(H3,76,77,97). The summed E-state index contributed by atoms with van der Waals surface area (Å²) >= 11 is 1.14. The first kappa shape index (κ1) is 87.6. The van der Waals surface area contributed by atoms with Crippen molar-refractivity contribution in [2.75, 3.05) is 52.5 Å². The van der Waals surface area contributed by atoms with E-state index in [0.29, 0.717) is 73.9 Å². The summed E-state index contributed by atoms with van der Waals surface area (Å²) in [6.45, 7) is 19.1. The molecule has 8 amide bonds. The number of aliphatic hydroxyl groups excluding tert-OH is 1. The van der Waals surface area contributed by atoms with Gasteiger partial charge in [-0.25, -0.2) is 14.4 Å². The van der Waals surface area contributed by atoms with Crippen LogP contribution in [0.4, 0.5) is 15.3 Å². The van der Waals surface area contributed by atoms with Gasteiger partial charge in [-0.15, -0.1) is 11.8 Å². The smallest absolute Gasteiger partial charge is 0.410 e. The number of ketones is 1. The van der Waals surface area contributed by atoms with Crippen LogP contribution in [0.2, 0.25) is 0 Å². The molecule has 14 unspecified atom stereocenters. The van der Waals surface area contributed by atoms with Crippen LogP contribution in [0, 0.1) is 41.4 Å². The van der Waals surface area contributed by atoms with Crippen LogP contribution in [-0.4, -0.2) is 197 Å². The maximum Gasteiger partial charge on any atom is 0.410 e. The minimum Gasteiger partial charge on any atom is -0.494 e. The number of carbonyl (C=O) groups is 10. The number of amides is 8. The van der Waals surface area contributed by atoms with E-state index in [2.05, 4.69) is 31.9 Å². The Labute approximate surface area is 611 Å². The molecule has 28 nitrogen and oxygen atoms in total.